The van der Waals surface area contributed by atoms with Gasteiger partial charge in [-0.3, -0.25) is 9.59 Å². The molecule has 0 saturated heterocycles. The molecule has 1 heterocycles. The van der Waals surface area contributed by atoms with E-state index in [4.69, 9.17) is 9.47 Å². The standard InChI is InChI=1S/C18H18BrFN2O4/c1-3-26-16(23)10-14(11-6-4-5-7-12(11)20)22-18(24)13-8-9-15(25-2)17(19)21-13/h4-9,14H,3,10H2,1-2H3,(H,22,24)/t14-/m0/s1. The van der Waals surface area contributed by atoms with Crippen LogP contribution in [-0.2, 0) is 9.53 Å². The minimum atomic E-state index is -0.884. The Labute approximate surface area is 158 Å². The quantitative estimate of drug-likeness (QED) is 0.544. The van der Waals surface area contributed by atoms with Crippen LogP contribution in [-0.4, -0.2) is 30.6 Å². The molecular weight excluding hydrogens is 407 g/mol. The summed E-state index contributed by atoms with van der Waals surface area (Å²) in [5.74, 6) is -1.14. The minimum absolute atomic E-state index is 0.0999. The van der Waals surface area contributed by atoms with Crippen LogP contribution in [0.25, 0.3) is 0 Å². The number of nitrogens with zero attached hydrogens (tertiary/aromatic N) is 1. The van der Waals surface area contributed by atoms with Gasteiger partial charge in [-0.05, 0) is 41.1 Å². The summed E-state index contributed by atoms with van der Waals surface area (Å²) in [6.45, 7) is 1.87. The Morgan fingerprint density at radius 1 is 1.27 bits per heavy atom. The molecule has 0 unspecified atom stereocenters. The fourth-order valence-electron chi connectivity index (χ4n) is 2.32. The predicted molar refractivity (Wildman–Crippen MR) is 96.3 cm³/mol. The van der Waals surface area contributed by atoms with Gasteiger partial charge in [0.2, 0.25) is 0 Å². The molecule has 1 amide bonds. The first-order chi connectivity index (χ1) is 12.5. The van der Waals surface area contributed by atoms with Gasteiger partial charge in [-0.25, -0.2) is 9.37 Å². The molecule has 6 nitrogen and oxygen atoms in total. The van der Waals surface area contributed by atoms with E-state index in [1.54, 1.807) is 19.1 Å². The zero-order chi connectivity index (χ0) is 19.1. The average molecular weight is 425 g/mol. The van der Waals surface area contributed by atoms with E-state index in [2.05, 4.69) is 26.2 Å². The number of nitrogens with one attached hydrogen (secondary N) is 1. The van der Waals surface area contributed by atoms with Gasteiger partial charge in [-0.1, -0.05) is 18.2 Å². The van der Waals surface area contributed by atoms with Crippen molar-refractivity contribution in [3.63, 3.8) is 0 Å². The summed E-state index contributed by atoms with van der Waals surface area (Å²) in [7, 11) is 1.48. The third-order valence-corrected chi connectivity index (χ3v) is 4.10. The summed E-state index contributed by atoms with van der Waals surface area (Å²) in [6, 6.07) is 8.11. The number of amides is 1. The molecule has 2 rings (SSSR count). The van der Waals surface area contributed by atoms with Gasteiger partial charge in [0.15, 0.2) is 5.75 Å². The fourth-order valence-corrected chi connectivity index (χ4v) is 2.80. The number of esters is 1. The number of aromatic nitrogens is 1. The highest BCUT2D eigenvalue weighted by molar-refractivity contribution is 9.10. The van der Waals surface area contributed by atoms with E-state index in [1.807, 2.05) is 0 Å². The van der Waals surface area contributed by atoms with Crippen molar-refractivity contribution in [2.24, 2.45) is 0 Å². The molecule has 0 aliphatic heterocycles. The number of hydrogen-bond acceptors (Lipinski definition) is 5. The van der Waals surface area contributed by atoms with Crippen molar-refractivity contribution >= 4 is 27.8 Å². The Morgan fingerprint density at radius 2 is 2.00 bits per heavy atom. The van der Waals surface area contributed by atoms with Gasteiger partial charge < -0.3 is 14.8 Å². The predicted octanol–water partition coefficient (Wildman–Crippen LogP) is 3.42. The van der Waals surface area contributed by atoms with E-state index in [0.717, 1.165) is 0 Å². The topological polar surface area (TPSA) is 77.5 Å². The summed E-state index contributed by atoms with van der Waals surface area (Å²) in [6.07, 6.45) is -0.197. The lowest BCUT2D eigenvalue weighted by Gasteiger charge is -2.19. The second-order valence-electron chi connectivity index (χ2n) is 5.25. The number of rotatable bonds is 7. The van der Waals surface area contributed by atoms with E-state index >= 15 is 0 Å². The maximum Gasteiger partial charge on any atom is 0.308 e. The van der Waals surface area contributed by atoms with Crippen molar-refractivity contribution in [3.8, 4) is 5.75 Å². The summed E-state index contributed by atoms with van der Waals surface area (Å²) >= 11 is 3.21. The van der Waals surface area contributed by atoms with E-state index in [-0.39, 0.29) is 24.3 Å². The number of carbonyl (C=O) groups is 2. The molecule has 1 aromatic heterocycles. The molecule has 26 heavy (non-hydrogen) atoms. The van der Waals surface area contributed by atoms with E-state index in [0.29, 0.717) is 10.4 Å². The molecule has 2 aromatic rings. The van der Waals surface area contributed by atoms with Gasteiger partial charge >= 0.3 is 5.97 Å². The first-order valence-corrected chi connectivity index (χ1v) is 8.67. The largest absolute Gasteiger partial charge is 0.494 e. The molecule has 0 aliphatic rings. The monoisotopic (exact) mass is 424 g/mol. The molecule has 0 saturated carbocycles. The molecule has 0 radical (unpaired) electrons. The Morgan fingerprint density at radius 3 is 2.62 bits per heavy atom. The Hall–Kier alpha value is -2.48. The number of carbonyl (C=O) groups excluding carboxylic acids is 2. The maximum atomic E-state index is 14.1. The summed E-state index contributed by atoms with van der Waals surface area (Å²) < 4.78 is 24.5. The molecule has 0 fully saturated rings. The molecule has 0 aliphatic carbocycles. The number of ether oxygens (including phenoxy) is 2. The lowest BCUT2D eigenvalue weighted by Crippen LogP contribution is -2.31. The van der Waals surface area contributed by atoms with Crippen LogP contribution in [0.15, 0.2) is 41.0 Å². The third-order valence-electron chi connectivity index (χ3n) is 3.53. The molecule has 8 heteroatoms. The molecule has 0 spiro atoms. The number of hydrogen-bond donors (Lipinski definition) is 1. The Kier molecular flexibility index (Phi) is 7.08. The minimum Gasteiger partial charge on any atom is -0.494 e. The summed E-state index contributed by atoms with van der Waals surface area (Å²) in [5, 5.41) is 2.64. The molecule has 1 N–H and O–H groups in total. The van der Waals surface area contributed by atoms with Crippen LogP contribution < -0.4 is 10.1 Å². The van der Waals surface area contributed by atoms with Gasteiger partial charge in [0.05, 0.1) is 26.2 Å². The van der Waals surface area contributed by atoms with Crippen LogP contribution in [0.5, 0.6) is 5.75 Å². The normalized spacial score (nSPS) is 11.5. The van der Waals surface area contributed by atoms with Crippen molar-refractivity contribution in [1.82, 2.24) is 10.3 Å². The van der Waals surface area contributed by atoms with Gasteiger partial charge in [0.1, 0.15) is 16.1 Å². The number of halogens is 2. The van der Waals surface area contributed by atoms with Crippen molar-refractivity contribution in [3.05, 3.63) is 58.1 Å². The third kappa shape index (κ3) is 5.01. The van der Waals surface area contributed by atoms with Gasteiger partial charge in [0.25, 0.3) is 5.91 Å². The average Bonchev–Trinajstić information content (AvgIpc) is 2.61. The van der Waals surface area contributed by atoms with Crippen LogP contribution in [0.2, 0.25) is 0 Å². The highest BCUT2D eigenvalue weighted by Crippen LogP contribution is 2.24. The maximum absolute atomic E-state index is 14.1. The molecule has 0 bridgehead atoms. The summed E-state index contributed by atoms with van der Waals surface area (Å²) in [5.41, 5.74) is 0.296. The van der Waals surface area contributed by atoms with E-state index in [9.17, 15) is 14.0 Å². The Balaban J connectivity index is 2.25. The molecular formula is C18H18BrFN2O4. The lowest BCUT2D eigenvalue weighted by atomic mass is 10.0. The molecule has 138 valence electrons. The molecule has 1 aromatic carbocycles. The first kappa shape index (κ1) is 19.8. The van der Waals surface area contributed by atoms with E-state index < -0.39 is 23.7 Å². The van der Waals surface area contributed by atoms with Gasteiger partial charge in [0, 0.05) is 5.56 Å². The second-order valence-corrected chi connectivity index (χ2v) is 6.00. The first-order valence-electron chi connectivity index (χ1n) is 7.87. The highest BCUT2D eigenvalue weighted by Gasteiger charge is 2.23. The second kappa shape index (κ2) is 9.28. The van der Waals surface area contributed by atoms with Crippen molar-refractivity contribution in [2.75, 3.05) is 13.7 Å². The fraction of sp³-hybridized carbons (Fsp3) is 0.278. The summed E-state index contributed by atoms with van der Waals surface area (Å²) in [4.78, 5) is 28.5. The number of pyridine rings is 1. The molecule has 1 atom stereocenters. The van der Waals surface area contributed by atoms with Gasteiger partial charge in [-0.2, -0.15) is 0 Å². The number of methoxy groups -OCH3 is 1. The van der Waals surface area contributed by atoms with Gasteiger partial charge in [-0.15, -0.1) is 0 Å². The smallest absolute Gasteiger partial charge is 0.308 e. The Bertz CT molecular complexity index is 801. The van der Waals surface area contributed by atoms with Crippen LogP contribution >= 0.6 is 15.9 Å². The lowest BCUT2D eigenvalue weighted by molar-refractivity contribution is -0.143. The zero-order valence-corrected chi connectivity index (χ0v) is 15.9. The number of benzene rings is 1. The van der Waals surface area contributed by atoms with Crippen LogP contribution in [0.1, 0.15) is 35.4 Å². The zero-order valence-electron chi connectivity index (χ0n) is 14.3. The van der Waals surface area contributed by atoms with Crippen molar-refractivity contribution in [1.29, 1.82) is 0 Å². The van der Waals surface area contributed by atoms with E-state index in [1.165, 1.54) is 31.4 Å². The highest BCUT2D eigenvalue weighted by atomic mass is 79.9. The van der Waals surface area contributed by atoms with Crippen molar-refractivity contribution < 1.29 is 23.5 Å². The SMILES string of the molecule is CCOC(=O)C[C@H](NC(=O)c1ccc(OC)c(Br)n1)c1ccccc1F. The van der Waals surface area contributed by atoms with Crippen LogP contribution in [0.4, 0.5) is 4.39 Å². The van der Waals surface area contributed by atoms with Crippen LogP contribution in [0.3, 0.4) is 0 Å². The van der Waals surface area contributed by atoms with Crippen LogP contribution in [0, 0.1) is 5.82 Å². The van der Waals surface area contributed by atoms with Crippen molar-refractivity contribution in [2.45, 2.75) is 19.4 Å².